The van der Waals surface area contributed by atoms with Crippen LogP contribution in [0.3, 0.4) is 0 Å². The molecule has 3 heteroatoms. The minimum atomic E-state index is -1.79. The van der Waals surface area contributed by atoms with Crippen LogP contribution < -0.4 is 14.2 Å². The van der Waals surface area contributed by atoms with Crippen LogP contribution in [0.15, 0.2) is 142 Å². The van der Waals surface area contributed by atoms with Crippen molar-refractivity contribution in [1.29, 1.82) is 0 Å². The van der Waals surface area contributed by atoms with Crippen molar-refractivity contribution >= 4 is 17.0 Å². The van der Waals surface area contributed by atoms with E-state index in [1.807, 2.05) is 16.0 Å². The van der Waals surface area contributed by atoms with Gasteiger partial charge < -0.3 is 0 Å². The first kappa shape index (κ1) is 31.7. The van der Waals surface area contributed by atoms with Crippen molar-refractivity contribution in [2.24, 2.45) is 5.92 Å². The van der Waals surface area contributed by atoms with E-state index < -0.39 is 24.0 Å². The molecule has 4 aromatic carbocycles. The van der Waals surface area contributed by atoms with E-state index >= 15 is 0 Å². The first-order chi connectivity index (χ1) is 21.0. The standard InChI is InChI=1S/C12H11Si.C12H10.C9H13.C7H14N.Ti/c1-3-7-11(8-4-1)13-12-9-5-2-6-10-12;1-3-7-11(8-4-1)12-9-5-2-6-10-12;1-6-5-7(2)9(4)8(6)3;8-7-5-3-1-2-4-6-7;/h1-10,13H;1-10H;6H,1-4H3;7-8H,1-6H2;/q;;;-1;+1. The van der Waals surface area contributed by atoms with Gasteiger partial charge in [-0.1, -0.05) is 60.7 Å². The van der Waals surface area contributed by atoms with Crippen LogP contribution in [-0.4, -0.2) is 12.7 Å². The molecule has 1 saturated carbocycles. The molecular weight excluding hydrogens is 570 g/mol. The zero-order valence-electron chi connectivity index (χ0n) is 26.5. The molecule has 4 aromatic rings. The smallest absolute Gasteiger partial charge is 0.0184 e. The molecular formula is C40H48NSiTi. The number of nitrogens with one attached hydrogen (secondary N) is 1. The van der Waals surface area contributed by atoms with Gasteiger partial charge in [-0.15, -0.1) is 0 Å². The van der Waals surface area contributed by atoms with E-state index in [9.17, 15) is 0 Å². The van der Waals surface area contributed by atoms with Crippen LogP contribution in [0.25, 0.3) is 11.1 Å². The van der Waals surface area contributed by atoms with Gasteiger partial charge in [0.05, 0.1) is 0 Å². The predicted octanol–water partition coefficient (Wildman–Crippen LogP) is 8.98. The summed E-state index contributed by atoms with van der Waals surface area (Å²) >= 11 is -1.79. The average Bonchev–Trinajstić information content (AvgIpc) is 3.24. The molecule has 1 atom stereocenters. The number of hydrogen-bond donors (Lipinski definition) is 1. The van der Waals surface area contributed by atoms with Crippen molar-refractivity contribution in [2.45, 2.75) is 72.3 Å². The van der Waals surface area contributed by atoms with Gasteiger partial charge in [0.15, 0.2) is 0 Å². The van der Waals surface area contributed by atoms with Crippen LogP contribution >= 0.6 is 0 Å². The van der Waals surface area contributed by atoms with E-state index in [2.05, 4.69) is 141 Å². The van der Waals surface area contributed by atoms with Gasteiger partial charge in [0.1, 0.15) is 0 Å². The Kier molecular flexibility index (Phi) is 11.7. The molecule has 6 rings (SSSR count). The second kappa shape index (κ2) is 15.8. The molecule has 2 aliphatic rings. The van der Waals surface area contributed by atoms with Crippen LogP contribution in [0.1, 0.15) is 66.2 Å². The Hall–Kier alpha value is -2.75. The summed E-state index contributed by atoms with van der Waals surface area (Å²) in [7, 11) is 0. The van der Waals surface area contributed by atoms with E-state index in [0.717, 1.165) is 0 Å². The SMILES string of the molecule is CC1=C(C)C(C)[C]([Ti]([NH]C2CCCCCC2)[SiH](c2ccccc2)c2ccccc2)=C1C.c1ccc(-c2ccccc2)cc1. The maximum absolute atomic E-state index is 4.48. The third kappa shape index (κ3) is 8.05. The molecule has 0 saturated heterocycles. The Bertz CT molecular complexity index is 1400. The zero-order valence-corrected chi connectivity index (χ0v) is 29.2. The van der Waals surface area contributed by atoms with E-state index in [4.69, 9.17) is 0 Å². The molecule has 1 N–H and O–H groups in total. The van der Waals surface area contributed by atoms with Gasteiger partial charge in [-0.3, -0.25) is 0 Å². The van der Waals surface area contributed by atoms with Crippen LogP contribution in [-0.2, 0) is 17.4 Å². The molecule has 0 radical (unpaired) electrons. The first-order valence-electron chi connectivity index (χ1n) is 16.3. The van der Waals surface area contributed by atoms with E-state index in [1.54, 1.807) is 27.1 Å². The molecule has 221 valence electrons. The molecule has 0 aliphatic heterocycles. The summed E-state index contributed by atoms with van der Waals surface area (Å²) in [6.07, 6.45) is 8.37. The molecule has 0 heterocycles. The Morgan fingerprint density at radius 3 is 1.37 bits per heavy atom. The molecule has 1 unspecified atom stereocenters. The number of allylic oxidation sites excluding steroid dienone is 4. The van der Waals surface area contributed by atoms with Crippen LogP contribution in [0, 0.1) is 5.92 Å². The molecule has 2 aliphatic carbocycles. The van der Waals surface area contributed by atoms with Crippen LogP contribution in [0.5, 0.6) is 0 Å². The normalized spacial score (nSPS) is 17.5. The topological polar surface area (TPSA) is 12.0 Å². The molecule has 0 amide bonds. The fourth-order valence-electron chi connectivity index (χ4n) is 6.84. The van der Waals surface area contributed by atoms with Crippen molar-refractivity contribution in [2.75, 3.05) is 0 Å². The number of benzene rings is 4. The molecule has 0 spiro atoms. The predicted molar refractivity (Wildman–Crippen MR) is 186 cm³/mol. The van der Waals surface area contributed by atoms with Gasteiger partial charge in [0.25, 0.3) is 0 Å². The van der Waals surface area contributed by atoms with E-state index in [0.29, 0.717) is 12.0 Å². The summed E-state index contributed by atoms with van der Waals surface area (Å²) in [5, 5.41) is 3.25. The monoisotopic (exact) mass is 618 g/mol. The maximum atomic E-state index is 4.48. The summed E-state index contributed by atoms with van der Waals surface area (Å²) in [6, 6.07) is 44.6. The van der Waals surface area contributed by atoms with Crippen molar-refractivity contribution in [3.8, 4) is 11.1 Å². The van der Waals surface area contributed by atoms with Gasteiger partial charge in [-0.2, -0.15) is 0 Å². The zero-order chi connectivity index (χ0) is 30.0. The summed E-state index contributed by atoms with van der Waals surface area (Å²) in [5.74, 6) is 0.607. The van der Waals surface area contributed by atoms with E-state index in [1.165, 1.54) is 49.7 Å². The molecule has 0 bridgehead atoms. The van der Waals surface area contributed by atoms with Crippen LogP contribution in [0.4, 0.5) is 0 Å². The molecule has 1 nitrogen and oxygen atoms in total. The minimum absolute atomic E-state index is 0.607. The third-order valence-corrected chi connectivity index (χ3v) is 23.3. The first-order valence-corrected chi connectivity index (χ1v) is 22.3. The van der Waals surface area contributed by atoms with Crippen LogP contribution in [0.2, 0.25) is 0 Å². The average molecular weight is 619 g/mol. The fraction of sp³-hybridized carbons (Fsp3) is 0.300. The van der Waals surface area contributed by atoms with Gasteiger partial charge >= 0.3 is 198 Å². The van der Waals surface area contributed by atoms with Gasteiger partial charge in [-0.25, -0.2) is 0 Å². The van der Waals surface area contributed by atoms with Gasteiger partial charge in [0.2, 0.25) is 0 Å². The van der Waals surface area contributed by atoms with Crippen molar-refractivity contribution in [3.63, 3.8) is 0 Å². The quantitative estimate of drug-likeness (QED) is 0.161. The van der Waals surface area contributed by atoms with Gasteiger partial charge in [-0.05, 0) is 11.1 Å². The van der Waals surface area contributed by atoms with Crippen molar-refractivity contribution < 1.29 is 17.4 Å². The summed E-state index contributed by atoms with van der Waals surface area (Å²) in [6.45, 7) is 8.27. The molecule has 0 aromatic heterocycles. The second-order valence-electron chi connectivity index (χ2n) is 12.3. The third-order valence-electron chi connectivity index (χ3n) is 9.58. The second-order valence-corrected chi connectivity index (χ2v) is 22.2. The molecule has 43 heavy (non-hydrogen) atoms. The number of rotatable bonds is 7. The van der Waals surface area contributed by atoms with Gasteiger partial charge in [0, 0.05) is 0 Å². The Morgan fingerprint density at radius 2 is 0.977 bits per heavy atom. The Balaban J connectivity index is 0.000000255. The number of hydrogen-bond acceptors (Lipinski definition) is 1. The summed E-state index contributed by atoms with van der Waals surface area (Å²) in [4.78, 5) is 0. The van der Waals surface area contributed by atoms with E-state index in [-0.39, 0.29) is 0 Å². The summed E-state index contributed by atoms with van der Waals surface area (Å²) in [5.41, 5.74) is 7.33. The van der Waals surface area contributed by atoms with Crippen molar-refractivity contribution in [3.05, 3.63) is 142 Å². The Labute approximate surface area is 268 Å². The summed E-state index contributed by atoms with van der Waals surface area (Å²) < 4.78 is 6.32. The van der Waals surface area contributed by atoms with Crippen molar-refractivity contribution in [1.82, 2.24) is 3.80 Å². The minimum Gasteiger partial charge on any atom is -0.0622 e. The fourth-order valence-corrected chi connectivity index (χ4v) is 23.0. The largest absolute Gasteiger partial charge is 0.0622 e. The Morgan fingerprint density at radius 1 is 0.558 bits per heavy atom. The maximum Gasteiger partial charge on any atom is -0.0184 e. The molecule has 1 fully saturated rings.